The van der Waals surface area contributed by atoms with Gasteiger partial charge < -0.3 is 4.98 Å². The molecule has 0 amide bonds. The van der Waals surface area contributed by atoms with Gasteiger partial charge in [0.1, 0.15) is 0 Å². The standard InChI is InChI=1S/C13H24N2/c1-11(2,3)13(6,7)12(4,5)10-8-14-9-15-10/h8-9H,1-7H3,(H,14,15). The Bertz CT molecular complexity index is 313. The van der Waals surface area contributed by atoms with E-state index >= 15 is 0 Å². The zero-order chi connectivity index (χ0) is 11.9. The molecule has 2 heteroatoms. The highest BCUT2D eigenvalue weighted by Gasteiger charge is 2.46. The van der Waals surface area contributed by atoms with Crippen LogP contribution in [-0.2, 0) is 5.41 Å². The molecule has 0 saturated heterocycles. The highest BCUT2D eigenvalue weighted by molar-refractivity contribution is 5.17. The van der Waals surface area contributed by atoms with E-state index in [1.807, 2.05) is 6.20 Å². The van der Waals surface area contributed by atoms with Gasteiger partial charge in [0.25, 0.3) is 0 Å². The molecule has 1 aromatic rings. The summed E-state index contributed by atoms with van der Waals surface area (Å²) in [6, 6.07) is 0. The van der Waals surface area contributed by atoms with Crippen molar-refractivity contribution in [1.82, 2.24) is 9.97 Å². The molecule has 2 nitrogen and oxygen atoms in total. The molecule has 1 heterocycles. The van der Waals surface area contributed by atoms with E-state index in [0.29, 0.717) is 0 Å². The Morgan fingerprint density at radius 1 is 1.00 bits per heavy atom. The van der Waals surface area contributed by atoms with E-state index in [0.717, 1.165) is 0 Å². The first-order valence-corrected chi connectivity index (χ1v) is 5.59. The molecule has 0 aromatic carbocycles. The van der Waals surface area contributed by atoms with Crippen molar-refractivity contribution in [2.45, 2.75) is 53.9 Å². The van der Waals surface area contributed by atoms with Gasteiger partial charge in [-0.15, -0.1) is 0 Å². The Balaban J connectivity index is 3.17. The van der Waals surface area contributed by atoms with Crippen LogP contribution in [0, 0.1) is 10.8 Å². The third kappa shape index (κ3) is 1.82. The number of H-pyrrole nitrogens is 1. The van der Waals surface area contributed by atoms with Crippen LogP contribution in [0.25, 0.3) is 0 Å². The molecule has 0 aliphatic rings. The van der Waals surface area contributed by atoms with Crippen LogP contribution in [0.1, 0.15) is 54.2 Å². The summed E-state index contributed by atoms with van der Waals surface area (Å²) in [4.78, 5) is 7.37. The molecule has 0 unspecified atom stereocenters. The number of nitrogens with zero attached hydrogens (tertiary/aromatic N) is 1. The van der Waals surface area contributed by atoms with Crippen molar-refractivity contribution in [2.24, 2.45) is 10.8 Å². The number of hydrogen-bond donors (Lipinski definition) is 1. The fourth-order valence-electron chi connectivity index (χ4n) is 1.87. The summed E-state index contributed by atoms with van der Waals surface area (Å²) in [5.74, 6) is 0. The Labute approximate surface area is 93.5 Å². The molecule has 86 valence electrons. The van der Waals surface area contributed by atoms with Crippen molar-refractivity contribution in [3.8, 4) is 0 Å². The fraction of sp³-hybridized carbons (Fsp3) is 0.769. The van der Waals surface area contributed by atoms with Crippen molar-refractivity contribution in [1.29, 1.82) is 0 Å². The molecule has 1 rings (SSSR count). The van der Waals surface area contributed by atoms with Crippen molar-refractivity contribution >= 4 is 0 Å². The van der Waals surface area contributed by atoms with Crippen LogP contribution in [0.3, 0.4) is 0 Å². The normalized spacial score (nSPS) is 14.3. The molecular formula is C13H24N2. The Hall–Kier alpha value is -0.790. The molecule has 0 saturated carbocycles. The summed E-state index contributed by atoms with van der Waals surface area (Å²) < 4.78 is 0. The van der Waals surface area contributed by atoms with Crippen molar-refractivity contribution in [3.63, 3.8) is 0 Å². The first-order valence-electron chi connectivity index (χ1n) is 5.59. The van der Waals surface area contributed by atoms with Crippen LogP contribution in [-0.4, -0.2) is 9.97 Å². The second kappa shape index (κ2) is 3.36. The van der Waals surface area contributed by atoms with Crippen LogP contribution in [0.2, 0.25) is 0 Å². The smallest absolute Gasteiger partial charge is 0.0921 e. The van der Waals surface area contributed by atoms with Gasteiger partial charge in [0.05, 0.1) is 6.33 Å². The average Bonchev–Trinajstić information content (AvgIpc) is 2.53. The molecule has 0 aliphatic carbocycles. The lowest BCUT2D eigenvalue weighted by atomic mass is 9.54. The van der Waals surface area contributed by atoms with Crippen molar-refractivity contribution in [3.05, 3.63) is 18.2 Å². The summed E-state index contributed by atoms with van der Waals surface area (Å²) >= 11 is 0. The lowest BCUT2D eigenvalue weighted by molar-refractivity contribution is 0.0434. The second-order valence-electron chi connectivity index (χ2n) is 6.47. The number of hydrogen-bond acceptors (Lipinski definition) is 1. The van der Waals surface area contributed by atoms with Gasteiger partial charge in [-0.05, 0) is 10.8 Å². The topological polar surface area (TPSA) is 28.7 Å². The highest BCUT2D eigenvalue weighted by atomic mass is 14.9. The zero-order valence-electron chi connectivity index (χ0n) is 11.1. The van der Waals surface area contributed by atoms with E-state index in [2.05, 4.69) is 58.4 Å². The van der Waals surface area contributed by atoms with E-state index in [4.69, 9.17) is 0 Å². The molecule has 1 aromatic heterocycles. The summed E-state index contributed by atoms with van der Waals surface area (Å²) in [5.41, 5.74) is 1.73. The quantitative estimate of drug-likeness (QED) is 0.787. The maximum absolute atomic E-state index is 4.13. The van der Waals surface area contributed by atoms with Crippen LogP contribution in [0.5, 0.6) is 0 Å². The lowest BCUT2D eigenvalue weighted by Gasteiger charge is -2.50. The molecule has 0 aliphatic heterocycles. The molecule has 0 atom stereocenters. The van der Waals surface area contributed by atoms with E-state index in [9.17, 15) is 0 Å². The summed E-state index contributed by atoms with van der Waals surface area (Å²) in [7, 11) is 0. The molecular weight excluding hydrogens is 184 g/mol. The van der Waals surface area contributed by atoms with E-state index in [1.165, 1.54) is 5.69 Å². The summed E-state index contributed by atoms with van der Waals surface area (Å²) in [5, 5.41) is 0. The summed E-state index contributed by atoms with van der Waals surface area (Å²) in [6.07, 6.45) is 3.70. The maximum atomic E-state index is 4.13. The van der Waals surface area contributed by atoms with Gasteiger partial charge in [0.15, 0.2) is 0 Å². The minimum atomic E-state index is 0.0851. The number of aromatic amines is 1. The lowest BCUT2D eigenvalue weighted by Crippen LogP contribution is -2.46. The minimum Gasteiger partial charge on any atom is -0.348 e. The van der Waals surface area contributed by atoms with Crippen LogP contribution in [0.15, 0.2) is 12.5 Å². The van der Waals surface area contributed by atoms with Gasteiger partial charge >= 0.3 is 0 Å². The van der Waals surface area contributed by atoms with Crippen LogP contribution < -0.4 is 0 Å². The number of imidazole rings is 1. The molecule has 0 fully saturated rings. The van der Waals surface area contributed by atoms with Gasteiger partial charge in [-0.2, -0.15) is 0 Å². The average molecular weight is 208 g/mol. The predicted octanol–water partition coefficient (Wildman–Crippen LogP) is 3.76. The predicted molar refractivity (Wildman–Crippen MR) is 64.8 cm³/mol. The third-order valence-corrected chi connectivity index (χ3v) is 4.61. The molecule has 0 spiro atoms. The van der Waals surface area contributed by atoms with Crippen LogP contribution >= 0.6 is 0 Å². The number of nitrogens with one attached hydrogen (secondary N) is 1. The van der Waals surface area contributed by atoms with Gasteiger partial charge in [-0.25, -0.2) is 4.98 Å². The van der Waals surface area contributed by atoms with E-state index < -0.39 is 0 Å². The summed E-state index contributed by atoms with van der Waals surface area (Å²) in [6.45, 7) is 16.1. The Morgan fingerprint density at radius 3 is 1.87 bits per heavy atom. The van der Waals surface area contributed by atoms with Crippen molar-refractivity contribution < 1.29 is 0 Å². The largest absolute Gasteiger partial charge is 0.348 e. The SMILES string of the molecule is CC(C)(C)C(C)(C)C(C)(C)c1cnc[nH]1. The van der Waals surface area contributed by atoms with Gasteiger partial charge in [-0.1, -0.05) is 48.5 Å². The van der Waals surface area contributed by atoms with E-state index in [1.54, 1.807) is 6.33 Å². The fourth-order valence-corrected chi connectivity index (χ4v) is 1.87. The number of rotatable bonds is 2. The minimum absolute atomic E-state index is 0.0851. The van der Waals surface area contributed by atoms with Gasteiger partial charge in [0, 0.05) is 17.3 Å². The maximum Gasteiger partial charge on any atom is 0.0921 e. The van der Waals surface area contributed by atoms with Gasteiger partial charge in [0.2, 0.25) is 0 Å². The van der Waals surface area contributed by atoms with Gasteiger partial charge in [-0.3, -0.25) is 0 Å². The first kappa shape index (κ1) is 12.3. The number of aromatic nitrogens is 2. The Kier molecular flexibility index (Phi) is 2.75. The van der Waals surface area contributed by atoms with Crippen LogP contribution in [0.4, 0.5) is 0 Å². The Morgan fingerprint density at radius 2 is 1.53 bits per heavy atom. The third-order valence-electron chi connectivity index (χ3n) is 4.61. The molecule has 0 radical (unpaired) electrons. The van der Waals surface area contributed by atoms with E-state index in [-0.39, 0.29) is 16.2 Å². The zero-order valence-corrected chi connectivity index (χ0v) is 11.1. The molecule has 0 bridgehead atoms. The molecule has 1 N–H and O–H groups in total. The second-order valence-corrected chi connectivity index (χ2v) is 6.47. The highest BCUT2D eigenvalue weighted by Crippen LogP contribution is 2.51. The monoisotopic (exact) mass is 208 g/mol. The molecule has 15 heavy (non-hydrogen) atoms. The van der Waals surface area contributed by atoms with Crippen molar-refractivity contribution in [2.75, 3.05) is 0 Å². The first-order chi connectivity index (χ1) is 6.61.